The van der Waals surface area contributed by atoms with Gasteiger partial charge in [-0.2, -0.15) is 5.06 Å². The molecule has 4 aliphatic rings. The SMILES string of the molecule is CO[C@H]1CCN2O[C@H]3C=CC[C@@]4(OC(=O)C=C34)[C@@H]2C1. The lowest BCUT2D eigenvalue weighted by atomic mass is 9.73. The molecule has 0 aromatic heterocycles. The molecule has 2 saturated heterocycles. The summed E-state index contributed by atoms with van der Waals surface area (Å²) in [6, 6.07) is 0.0603. The average molecular weight is 263 g/mol. The van der Waals surface area contributed by atoms with Crippen LogP contribution >= 0.6 is 0 Å². The molecule has 0 unspecified atom stereocenters. The van der Waals surface area contributed by atoms with E-state index in [9.17, 15) is 4.79 Å². The number of nitrogens with zero attached hydrogens (tertiary/aromatic N) is 1. The van der Waals surface area contributed by atoms with Crippen molar-refractivity contribution < 1.29 is 19.1 Å². The number of hydroxylamine groups is 2. The van der Waals surface area contributed by atoms with E-state index in [1.807, 2.05) is 11.1 Å². The molecule has 0 spiro atoms. The fourth-order valence-corrected chi connectivity index (χ4v) is 3.78. The van der Waals surface area contributed by atoms with Crippen molar-refractivity contribution >= 4 is 5.97 Å². The molecule has 3 heterocycles. The van der Waals surface area contributed by atoms with Crippen LogP contribution in [0.25, 0.3) is 0 Å². The molecule has 0 amide bonds. The van der Waals surface area contributed by atoms with Gasteiger partial charge in [0.2, 0.25) is 0 Å². The van der Waals surface area contributed by atoms with Crippen LogP contribution in [0.2, 0.25) is 0 Å². The maximum Gasteiger partial charge on any atom is 0.331 e. The van der Waals surface area contributed by atoms with Gasteiger partial charge in [-0.15, -0.1) is 0 Å². The highest BCUT2D eigenvalue weighted by Gasteiger charge is 2.59. The molecule has 0 N–H and O–H groups in total. The van der Waals surface area contributed by atoms with E-state index in [1.54, 1.807) is 13.2 Å². The Morgan fingerprint density at radius 3 is 3.26 bits per heavy atom. The number of rotatable bonds is 1. The van der Waals surface area contributed by atoms with Gasteiger partial charge in [0.1, 0.15) is 6.10 Å². The van der Waals surface area contributed by atoms with Crippen molar-refractivity contribution in [3.8, 4) is 0 Å². The minimum absolute atomic E-state index is 0.0603. The Kier molecular flexibility index (Phi) is 2.40. The molecule has 0 aromatic rings. The van der Waals surface area contributed by atoms with Crippen molar-refractivity contribution in [3.05, 3.63) is 23.8 Å². The molecule has 3 aliphatic heterocycles. The zero-order chi connectivity index (χ0) is 13.0. The average Bonchev–Trinajstić information content (AvgIpc) is 2.77. The number of carbonyl (C=O) groups is 1. The first-order chi connectivity index (χ1) is 9.23. The van der Waals surface area contributed by atoms with E-state index in [0.29, 0.717) is 0 Å². The minimum Gasteiger partial charge on any atom is -0.449 e. The molecule has 19 heavy (non-hydrogen) atoms. The van der Waals surface area contributed by atoms with Crippen molar-refractivity contribution in [2.45, 2.75) is 43.1 Å². The summed E-state index contributed by atoms with van der Waals surface area (Å²) >= 11 is 0. The van der Waals surface area contributed by atoms with Crippen LogP contribution in [0.1, 0.15) is 19.3 Å². The number of carbonyl (C=O) groups excluding carboxylic acids is 1. The van der Waals surface area contributed by atoms with Gasteiger partial charge in [0.25, 0.3) is 0 Å². The van der Waals surface area contributed by atoms with Gasteiger partial charge in [-0.05, 0) is 12.8 Å². The van der Waals surface area contributed by atoms with E-state index in [-0.39, 0.29) is 24.2 Å². The third-order valence-corrected chi connectivity index (χ3v) is 4.71. The van der Waals surface area contributed by atoms with Crippen LogP contribution in [0, 0.1) is 0 Å². The Balaban J connectivity index is 1.76. The second kappa shape index (κ2) is 3.91. The lowest BCUT2D eigenvalue weighted by Crippen LogP contribution is -2.64. The predicted octanol–water partition coefficient (Wildman–Crippen LogP) is 0.961. The number of esters is 1. The fourth-order valence-electron chi connectivity index (χ4n) is 3.78. The lowest BCUT2D eigenvalue weighted by Gasteiger charge is -2.53. The zero-order valence-corrected chi connectivity index (χ0v) is 10.9. The Hall–Kier alpha value is -1.17. The summed E-state index contributed by atoms with van der Waals surface area (Å²) in [5, 5.41) is 2.00. The van der Waals surface area contributed by atoms with Crippen molar-refractivity contribution in [1.82, 2.24) is 5.06 Å². The van der Waals surface area contributed by atoms with Crippen LogP contribution in [0.3, 0.4) is 0 Å². The molecular weight excluding hydrogens is 246 g/mol. The van der Waals surface area contributed by atoms with Gasteiger partial charge in [-0.1, -0.05) is 12.2 Å². The highest BCUT2D eigenvalue weighted by molar-refractivity contribution is 5.88. The summed E-state index contributed by atoms with van der Waals surface area (Å²) in [4.78, 5) is 17.7. The van der Waals surface area contributed by atoms with Crippen molar-refractivity contribution in [2.75, 3.05) is 13.7 Å². The van der Waals surface area contributed by atoms with Crippen molar-refractivity contribution in [2.24, 2.45) is 0 Å². The van der Waals surface area contributed by atoms with E-state index in [4.69, 9.17) is 14.3 Å². The van der Waals surface area contributed by atoms with E-state index < -0.39 is 5.60 Å². The first kappa shape index (κ1) is 11.6. The smallest absolute Gasteiger partial charge is 0.331 e. The van der Waals surface area contributed by atoms with E-state index in [0.717, 1.165) is 31.4 Å². The maximum absolute atomic E-state index is 11.7. The molecule has 1 aliphatic carbocycles. The Morgan fingerprint density at radius 2 is 2.42 bits per heavy atom. The first-order valence-corrected chi connectivity index (χ1v) is 6.81. The maximum atomic E-state index is 11.7. The summed E-state index contributed by atoms with van der Waals surface area (Å²) in [5.74, 6) is -0.242. The van der Waals surface area contributed by atoms with E-state index in [2.05, 4.69) is 6.08 Å². The molecular formula is C14H17NO4. The number of hydrogen-bond acceptors (Lipinski definition) is 5. The Labute approximate surface area is 111 Å². The largest absolute Gasteiger partial charge is 0.449 e. The topological polar surface area (TPSA) is 48.0 Å². The molecule has 2 bridgehead atoms. The second-order valence-electron chi connectivity index (χ2n) is 5.61. The molecule has 102 valence electrons. The molecule has 4 atom stereocenters. The van der Waals surface area contributed by atoms with Gasteiger partial charge in [0.15, 0.2) is 5.60 Å². The van der Waals surface area contributed by atoms with Gasteiger partial charge in [0.05, 0.1) is 12.1 Å². The van der Waals surface area contributed by atoms with Gasteiger partial charge in [-0.3, -0.25) is 4.84 Å². The minimum atomic E-state index is -0.522. The predicted molar refractivity (Wildman–Crippen MR) is 66.1 cm³/mol. The molecule has 0 saturated carbocycles. The van der Waals surface area contributed by atoms with Gasteiger partial charge in [-0.25, -0.2) is 4.79 Å². The zero-order valence-electron chi connectivity index (χ0n) is 10.9. The number of ether oxygens (including phenoxy) is 2. The third-order valence-electron chi connectivity index (χ3n) is 4.71. The van der Waals surface area contributed by atoms with Crippen LogP contribution < -0.4 is 0 Å². The van der Waals surface area contributed by atoms with Crippen LogP contribution in [0.15, 0.2) is 23.8 Å². The standard InChI is InChI=1S/C14H17NO4/c1-17-9-4-6-15-12(7-9)14-5-2-3-11(19-15)10(14)8-13(16)18-14/h2-3,8-9,11-12H,4-7H2,1H3/t9-,11-,12-,14-/m0/s1. The molecule has 4 rings (SSSR count). The number of hydrogen-bond donors (Lipinski definition) is 0. The molecule has 0 radical (unpaired) electrons. The normalized spacial score (nSPS) is 44.4. The van der Waals surface area contributed by atoms with Crippen molar-refractivity contribution in [1.29, 1.82) is 0 Å². The van der Waals surface area contributed by atoms with Gasteiger partial charge >= 0.3 is 5.97 Å². The van der Waals surface area contributed by atoms with Crippen LogP contribution in [-0.2, 0) is 19.1 Å². The molecule has 2 fully saturated rings. The highest BCUT2D eigenvalue weighted by atomic mass is 16.7. The molecule has 5 heteroatoms. The molecule has 5 nitrogen and oxygen atoms in total. The Bertz CT molecular complexity index is 486. The van der Waals surface area contributed by atoms with Gasteiger partial charge in [0, 0.05) is 31.7 Å². The highest BCUT2D eigenvalue weighted by Crippen LogP contribution is 2.49. The van der Waals surface area contributed by atoms with Crippen LogP contribution in [-0.4, -0.2) is 48.5 Å². The summed E-state index contributed by atoms with van der Waals surface area (Å²) in [6.07, 6.45) is 8.29. The lowest BCUT2D eigenvalue weighted by molar-refractivity contribution is -0.282. The Morgan fingerprint density at radius 1 is 1.53 bits per heavy atom. The fraction of sp³-hybridized carbons (Fsp3) is 0.643. The van der Waals surface area contributed by atoms with Crippen molar-refractivity contribution in [3.63, 3.8) is 0 Å². The third kappa shape index (κ3) is 1.49. The first-order valence-electron chi connectivity index (χ1n) is 6.81. The van der Waals surface area contributed by atoms with Crippen LogP contribution in [0.5, 0.6) is 0 Å². The second-order valence-corrected chi connectivity index (χ2v) is 5.61. The monoisotopic (exact) mass is 263 g/mol. The quantitative estimate of drug-likeness (QED) is 0.521. The number of piperidine rings is 1. The summed E-state index contributed by atoms with van der Waals surface area (Å²) < 4.78 is 11.2. The summed E-state index contributed by atoms with van der Waals surface area (Å²) in [5.41, 5.74) is 0.462. The summed E-state index contributed by atoms with van der Waals surface area (Å²) in [6.45, 7) is 0.820. The number of fused-ring (bicyclic) bond motifs is 1. The van der Waals surface area contributed by atoms with E-state index >= 15 is 0 Å². The number of methoxy groups -OCH3 is 1. The molecule has 0 aromatic carbocycles. The van der Waals surface area contributed by atoms with Crippen LogP contribution in [0.4, 0.5) is 0 Å². The van der Waals surface area contributed by atoms with E-state index in [1.165, 1.54) is 0 Å². The summed E-state index contributed by atoms with van der Waals surface area (Å²) in [7, 11) is 1.74. The van der Waals surface area contributed by atoms with Gasteiger partial charge < -0.3 is 9.47 Å².